The maximum Gasteiger partial charge on any atom is 0.0462 e. The quantitative estimate of drug-likeness (QED) is 0.147. The summed E-state index contributed by atoms with van der Waals surface area (Å²) >= 11 is 0. The first-order valence-electron chi connectivity index (χ1n) is 20.1. The first-order valence-corrected chi connectivity index (χ1v) is 20.1. The molecule has 0 spiro atoms. The Kier molecular flexibility index (Phi) is 8.30. The number of hydrogen-bond acceptors (Lipinski definition) is 1. The predicted molar refractivity (Wildman–Crippen MR) is 245 cm³/mol. The summed E-state index contributed by atoms with van der Waals surface area (Å²) in [5, 5.41) is 5.05. The topological polar surface area (TPSA) is 3.24 Å². The van der Waals surface area contributed by atoms with E-state index in [1.807, 2.05) is 0 Å². The fourth-order valence-electron chi connectivity index (χ4n) is 9.35. The monoisotopic (exact) mass is 737 g/mol. The van der Waals surface area contributed by atoms with Gasteiger partial charge in [0.15, 0.2) is 0 Å². The Morgan fingerprint density at radius 2 is 0.690 bits per heavy atom. The van der Waals surface area contributed by atoms with Crippen molar-refractivity contribution >= 4 is 38.6 Å². The lowest BCUT2D eigenvalue weighted by Crippen LogP contribution is -2.09. The van der Waals surface area contributed by atoms with E-state index in [1.54, 1.807) is 0 Å². The van der Waals surface area contributed by atoms with Gasteiger partial charge in [-0.1, -0.05) is 188 Å². The Morgan fingerprint density at radius 1 is 0.276 bits per heavy atom. The van der Waals surface area contributed by atoms with Crippen molar-refractivity contribution in [1.29, 1.82) is 0 Å². The Bertz CT molecular complexity index is 3020. The van der Waals surface area contributed by atoms with Crippen molar-refractivity contribution in [3.63, 3.8) is 0 Å². The molecule has 0 aromatic heterocycles. The Labute approximate surface area is 339 Å². The van der Waals surface area contributed by atoms with Gasteiger partial charge in [0.25, 0.3) is 0 Å². The molecular weight excluding hydrogens is 699 g/mol. The molecule has 10 aromatic carbocycles. The van der Waals surface area contributed by atoms with Crippen LogP contribution in [0.5, 0.6) is 0 Å². The van der Waals surface area contributed by atoms with E-state index < -0.39 is 0 Å². The van der Waals surface area contributed by atoms with Gasteiger partial charge in [0.05, 0.1) is 0 Å². The van der Waals surface area contributed by atoms with Gasteiger partial charge in [-0.2, -0.15) is 0 Å². The van der Waals surface area contributed by atoms with E-state index >= 15 is 0 Å². The van der Waals surface area contributed by atoms with Gasteiger partial charge in [-0.25, -0.2) is 0 Å². The van der Waals surface area contributed by atoms with E-state index in [-0.39, 0.29) is 5.92 Å². The zero-order chi connectivity index (χ0) is 38.4. The zero-order valence-corrected chi connectivity index (χ0v) is 32.0. The van der Waals surface area contributed by atoms with Crippen molar-refractivity contribution in [1.82, 2.24) is 0 Å². The van der Waals surface area contributed by atoms with Crippen LogP contribution in [-0.4, -0.2) is 0 Å². The van der Waals surface area contributed by atoms with E-state index in [9.17, 15) is 0 Å². The molecule has 0 heterocycles. The number of nitrogens with zero attached hydrogens (tertiary/aromatic N) is 1. The second kappa shape index (κ2) is 14.2. The van der Waals surface area contributed by atoms with Crippen LogP contribution in [0.15, 0.2) is 231 Å². The van der Waals surface area contributed by atoms with E-state index in [4.69, 9.17) is 0 Å². The lowest BCUT2D eigenvalue weighted by Gasteiger charge is -2.26. The molecule has 0 radical (unpaired) electrons. The molecular formula is C57H39N. The highest BCUT2D eigenvalue weighted by atomic mass is 15.1. The van der Waals surface area contributed by atoms with E-state index in [1.165, 1.54) is 82.7 Å². The van der Waals surface area contributed by atoms with Crippen LogP contribution < -0.4 is 4.90 Å². The lowest BCUT2D eigenvalue weighted by molar-refractivity contribution is 1.02. The van der Waals surface area contributed by atoms with Crippen LogP contribution in [0.2, 0.25) is 0 Å². The highest BCUT2D eigenvalue weighted by molar-refractivity contribution is 6.21. The molecule has 1 aliphatic carbocycles. The van der Waals surface area contributed by atoms with Gasteiger partial charge in [0, 0.05) is 23.0 Å². The summed E-state index contributed by atoms with van der Waals surface area (Å²) in [7, 11) is 0. The molecule has 0 saturated carbocycles. The number of hydrogen-bond donors (Lipinski definition) is 0. The summed E-state index contributed by atoms with van der Waals surface area (Å²) in [6, 6.07) is 84.2. The fraction of sp³-hybridized carbons (Fsp3) is 0.0175. The first kappa shape index (κ1) is 33.8. The normalized spacial score (nSPS) is 13.0. The maximum atomic E-state index is 2.39. The smallest absolute Gasteiger partial charge is 0.0462 e. The minimum atomic E-state index is 0.251. The molecule has 1 heteroatoms. The molecule has 272 valence electrons. The fourth-order valence-corrected chi connectivity index (χ4v) is 9.35. The van der Waals surface area contributed by atoms with E-state index in [2.05, 4.69) is 235 Å². The summed E-state index contributed by atoms with van der Waals surface area (Å²) in [4.78, 5) is 2.35. The minimum Gasteiger partial charge on any atom is -0.311 e. The Morgan fingerprint density at radius 3 is 1.28 bits per heavy atom. The second-order valence-corrected chi connectivity index (χ2v) is 15.2. The third-order valence-electron chi connectivity index (χ3n) is 11.9. The van der Waals surface area contributed by atoms with Gasteiger partial charge in [0.2, 0.25) is 0 Å². The Hall–Kier alpha value is -7.48. The third-order valence-corrected chi connectivity index (χ3v) is 11.9. The van der Waals surface area contributed by atoms with Crippen molar-refractivity contribution in [2.75, 3.05) is 4.90 Å². The molecule has 0 fully saturated rings. The maximum absolute atomic E-state index is 2.39. The number of rotatable bonds is 7. The molecule has 11 rings (SSSR count). The summed E-state index contributed by atoms with van der Waals surface area (Å²) in [5.74, 6) is 0.251. The molecule has 1 aliphatic rings. The Balaban J connectivity index is 0.972. The SMILES string of the molecule is c1ccc(-c2c3ccccc3c(-c3ccc(N(c4ccccc4)c4ccc(-c5ccc6c(c5)-c5ccccc5C6c5ccccc5)cc4)cc3)c3ccccc23)cc1. The average molecular weight is 738 g/mol. The van der Waals surface area contributed by atoms with Crippen molar-refractivity contribution < 1.29 is 0 Å². The second-order valence-electron chi connectivity index (χ2n) is 15.2. The van der Waals surface area contributed by atoms with Gasteiger partial charge >= 0.3 is 0 Å². The molecule has 10 aromatic rings. The molecule has 0 saturated heterocycles. The summed E-state index contributed by atoms with van der Waals surface area (Å²) < 4.78 is 0. The van der Waals surface area contributed by atoms with E-state index in [0.29, 0.717) is 0 Å². The number of fused-ring (bicyclic) bond motifs is 5. The van der Waals surface area contributed by atoms with Gasteiger partial charge in [0.1, 0.15) is 0 Å². The van der Waals surface area contributed by atoms with Crippen LogP contribution in [0.3, 0.4) is 0 Å². The number of anilines is 3. The van der Waals surface area contributed by atoms with Crippen LogP contribution in [0.4, 0.5) is 17.1 Å². The molecule has 58 heavy (non-hydrogen) atoms. The van der Waals surface area contributed by atoms with Crippen molar-refractivity contribution in [2.24, 2.45) is 0 Å². The van der Waals surface area contributed by atoms with Crippen LogP contribution in [0, 0.1) is 0 Å². The van der Waals surface area contributed by atoms with Crippen LogP contribution in [-0.2, 0) is 0 Å². The highest BCUT2D eigenvalue weighted by Gasteiger charge is 2.30. The molecule has 1 atom stereocenters. The molecule has 0 N–H and O–H groups in total. The number of benzene rings is 10. The lowest BCUT2D eigenvalue weighted by atomic mass is 9.86. The molecule has 0 aliphatic heterocycles. The average Bonchev–Trinajstić information content (AvgIpc) is 3.63. The standard InChI is InChI=1S/C57H39N/c1-4-16-40(17-5-1)55-48-23-11-10-22-47(48)54-38-43(32-37-53(54)55)39-28-33-45(34-29-39)58(44-20-8-3-9-21-44)46-35-30-42(31-36-46)57-51-26-14-12-24-49(51)56(41-18-6-2-7-19-41)50-25-13-15-27-52(50)57/h1-38,55H. The molecule has 1 unspecified atom stereocenters. The van der Waals surface area contributed by atoms with Crippen LogP contribution in [0.25, 0.3) is 66.1 Å². The van der Waals surface area contributed by atoms with Crippen LogP contribution >= 0.6 is 0 Å². The van der Waals surface area contributed by atoms with Gasteiger partial charge < -0.3 is 4.90 Å². The van der Waals surface area contributed by atoms with Gasteiger partial charge in [-0.3, -0.25) is 0 Å². The largest absolute Gasteiger partial charge is 0.311 e. The third kappa shape index (κ3) is 5.71. The summed E-state index contributed by atoms with van der Waals surface area (Å²) in [6.45, 7) is 0. The summed E-state index contributed by atoms with van der Waals surface area (Å²) in [6.07, 6.45) is 0. The van der Waals surface area contributed by atoms with Crippen molar-refractivity contribution in [3.05, 3.63) is 247 Å². The van der Waals surface area contributed by atoms with Gasteiger partial charge in [-0.05, 0) is 125 Å². The van der Waals surface area contributed by atoms with Crippen LogP contribution in [0.1, 0.15) is 22.6 Å². The molecule has 0 bridgehead atoms. The zero-order valence-electron chi connectivity index (χ0n) is 32.0. The summed E-state index contributed by atoms with van der Waals surface area (Å²) in [5.41, 5.74) is 17.5. The molecule has 1 nitrogen and oxygen atoms in total. The van der Waals surface area contributed by atoms with Gasteiger partial charge in [-0.15, -0.1) is 0 Å². The molecule has 0 amide bonds. The first-order chi connectivity index (χ1) is 28.8. The predicted octanol–water partition coefficient (Wildman–Crippen LogP) is 15.6. The van der Waals surface area contributed by atoms with Crippen molar-refractivity contribution in [2.45, 2.75) is 5.92 Å². The van der Waals surface area contributed by atoms with E-state index in [0.717, 1.165) is 17.1 Å². The van der Waals surface area contributed by atoms with Crippen molar-refractivity contribution in [3.8, 4) is 44.5 Å². The minimum absolute atomic E-state index is 0.251. The highest BCUT2D eigenvalue weighted by Crippen LogP contribution is 2.49. The number of para-hydroxylation sites is 1.